The molecule has 2 aromatic rings. The predicted molar refractivity (Wildman–Crippen MR) is 122 cm³/mol. The maximum absolute atomic E-state index is 8.97. The number of hydrogen-bond donors (Lipinski definition) is 0. The normalized spacial score (nSPS) is 12.5. The Morgan fingerprint density at radius 2 is 1.86 bits per heavy atom. The van der Waals surface area contributed by atoms with Crippen LogP contribution in [0.25, 0.3) is 0 Å². The average Bonchev–Trinajstić information content (AvgIpc) is 2.93. The van der Waals surface area contributed by atoms with E-state index in [1.54, 1.807) is 12.1 Å². The second kappa shape index (κ2) is 10.6. The third kappa shape index (κ3) is 5.64. The molecule has 0 bridgehead atoms. The molecule has 3 nitrogen and oxygen atoms in total. The molecule has 0 atom stereocenters. The first-order valence-corrected chi connectivity index (χ1v) is 9.90. The van der Waals surface area contributed by atoms with Crippen LogP contribution in [0.15, 0.2) is 77.0 Å². The number of nitrogens with zero attached hydrogens (tertiary/aromatic N) is 2. The Balaban J connectivity index is 0.00000136. The maximum atomic E-state index is 8.97. The summed E-state index contributed by atoms with van der Waals surface area (Å²) in [5.74, 6) is 1.39. The second-order valence-electron chi connectivity index (χ2n) is 5.84. The molecule has 0 amide bonds. The standard InChI is InChI=1S/C21H16BBrN2O.C2H6/c1-25(18-9-6-15(14-24)7-10-18)20-11-8-16(22)12-21(20)26-19-5-3-2-4-17(23)13-19;1-2/h2-3,5-13H,4H2,1H3;1-2H3. The van der Waals surface area contributed by atoms with Crippen LogP contribution in [-0.2, 0) is 0 Å². The summed E-state index contributed by atoms with van der Waals surface area (Å²) in [7, 11) is 7.93. The quantitative estimate of drug-likeness (QED) is 0.585. The smallest absolute Gasteiger partial charge is 0.150 e. The number of ether oxygens (including phenoxy) is 1. The molecule has 3 rings (SSSR count). The molecule has 2 aromatic carbocycles. The number of rotatable bonds is 4. The summed E-state index contributed by atoms with van der Waals surface area (Å²) in [6.07, 6.45) is 8.73. The minimum Gasteiger partial charge on any atom is -0.455 e. The van der Waals surface area contributed by atoms with Gasteiger partial charge in [0.15, 0.2) is 0 Å². The Morgan fingerprint density at radius 3 is 2.54 bits per heavy atom. The van der Waals surface area contributed by atoms with E-state index in [-0.39, 0.29) is 0 Å². The summed E-state index contributed by atoms with van der Waals surface area (Å²) in [4.78, 5) is 2.00. The molecule has 2 radical (unpaired) electrons. The summed E-state index contributed by atoms with van der Waals surface area (Å²) in [6.45, 7) is 4.00. The van der Waals surface area contributed by atoms with Crippen molar-refractivity contribution in [2.75, 3.05) is 11.9 Å². The Kier molecular flexibility index (Phi) is 8.16. The molecule has 0 heterocycles. The summed E-state index contributed by atoms with van der Waals surface area (Å²) in [5.41, 5.74) is 3.08. The highest BCUT2D eigenvalue weighted by Crippen LogP contribution is 2.33. The molecule has 0 saturated heterocycles. The van der Waals surface area contributed by atoms with Crippen molar-refractivity contribution in [1.82, 2.24) is 0 Å². The van der Waals surface area contributed by atoms with Crippen LogP contribution >= 0.6 is 15.9 Å². The lowest BCUT2D eigenvalue weighted by Gasteiger charge is -2.23. The average molecular weight is 433 g/mol. The molecule has 0 N–H and O–H groups in total. The molecular weight excluding hydrogens is 411 g/mol. The van der Waals surface area contributed by atoms with Gasteiger partial charge in [0.25, 0.3) is 0 Å². The minimum absolute atomic E-state index is 0.626. The highest BCUT2D eigenvalue weighted by atomic mass is 79.9. The molecule has 5 heteroatoms. The third-order valence-corrected chi connectivity index (χ3v) is 4.52. The van der Waals surface area contributed by atoms with E-state index in [0.29, 0.717) is 16.8 Å². The minimum atomic E-state index is 0.626. The van der Waals surface area contributed by atoms with Gasteiger partial charge in [0.1, 0.15) is 19.4 Å². The van der Waals surface area contributed by atoms with Crippen LogP contribution in [0.4, 0.5) is 11.4 Å². The van der Waals surface area contributed by atoms with E-state index in [4.69, 9.17) is 17.8 Å². The van der Waals surface area contributed by atoms with E-state index < -0.39 is 0 Å². The van der Waals surface area contributed by atoms with Crippen LogP contribution in [0.3, 0.4) is 0 Å². The SMILES string of the molecule is CC.[B]c1ccc(N(C)c2ccc(C#N)cc2)c(OC2=CC=CCC(Br)=C2)c1. The van der Waals surface area contributed by atoms with E-state index in [2.05, 4.69) is 28.1 Å². The van der Waals surface area contributed by atoms with Gasteiger partial charge in [-0.25, -0.2) is 0 Å². The van der Waals surface area contributed by atoms with Gasteiger partial charge in [-0.15, -0.1) is 0 Å². The number of hydrogen-bond acceptors (Lipinski definition) is 3. The molecule has 0 spiro atoms. The number of nitriles is 1. The van der Waals surface area contributed by atoms with Gasteiger partial charge in [0.2, 0.25) is 0 Å². The van der Waals surface area contributed by atoms with Gasteiger partial charge in [-0.2, -0.15) is 5.26 Å². The van der Waals surface area contributed by atoms with Crippen LogP contribution in [0.1, 0.15) is 25.8 Å². The Labute approximate surface area is 177 Å². The van der Waals surface area contributed by atoms with Crippen molar-refractivity contribution in [2.45, 2.75) is 20.3 Å². The van der Waals surface area contributed by atoms with Crippen LogP contribution in [0.5, 0.6) is 5.75 Å². The van der Waals surface area contributed by atoms with Gasteiger partial charge in [-0.1, -0.05) is 53.5 Å². The highest BCUT2D eigenvalue weighted by molar-refractivity contribution is 9.11. The second-order valence-corrected chi connectivity index (χ2v) is 6.86. The fourth-order valence-corrected chi connectivity index (χ4v) is 3.00. The van der Waals surface area contributed by atoms with Crippen molar-refractivity contribution in [2.24, 2.45) is 0 Å². The molecule has 0 saturated carbocycles. The number of benzene rings is 2. The van der Waals surface area contributed by atoms with Crippen LogP contribution in [0, 0.1) is 11.3 Å². The van der Waals surface area contributed by atoms with Gasteiger partial charge in [0.05, 0.1) is 17.3 Å². The summed E-state index contributed by atoms with van der Waals surface area (Å²) < 4.78 is 7.18. The van der Waals surface area contributed by atoms with E-state index >= 15 is 0 Å². The number of allylic oxidation sites excluding steroid dienone is 5. The van der Waals surface area contributed by atoms with Crippen molar-refractivity contribution in [3.63, 3.8) is 0 Å². The first kappa shape index (κ1) is 21.6. The van der Waals surface area contributed by atoms with E-state index in [9.17, 15) is 0 Å². The Morgan fingerprint density at radius 1 is 1.14 bits per heavy atom. The van der Waals surface area contributed by atoms with Gasteiger partial charge in [-0.05, 0) is 55.0 Å². The zero-order valence-corrected chi connectivity index (χ0v) is 17.9. The molecule has 1 aliphatic carbocycles. The molecule has 1 aliphatic rings. The fraction of sp³-hybridized carbons (Fsp3) is 0.174. The monoisotopic (exact) mass is 432 g/mol. The van der Waals surface area contributed by atoms with Crippen LogP contribution in [-0.4, -0.2) is 14.9 Å². The molecule has 0 aromatic heterocycles. The maximum Gasteiger partial charge on any atom is 0.150 e. The topological polar surface area (TPSA) is 36.3 Å². The first-order chi connectivity index (χ1) is 13.6. The van der Waals surface area contributed by atoms with Gasteiger partial charge in [-0.3, -0.25) is 0 Å². The third-order valence-electron chi connectivity index (χ3n) is 3.97. The largest absolute Gasteiger partial charge is 0.455 e. The summed E-state index contributed by atoms with van der Waals surface area (Å²) in [6, 6.07) is 15.1. The zero-order chi connectivity index (χ0) is 20.5. The molecule has 0 fully saturated rings. The molecule has 0 unspecified atom stereocenters. The zero-order valence-electron chi connectivity index (χ0n) is 16.3. The van der Waals surface area contributed by atoms with Crippen molar-refractivity contribution in [3.8, 4) is 11.8 Å². The van der Waals surface area contributed by atoms with Crippen LogP contribution < -0.4 is 15.1 Å². The van der Waals surface area contributed by atoms with E-state index in [0.717, 1.165) is 28.0 Å². The van der Waals surface area contributed by atoms with Crippen molar-refractivity contribution in [3.05, 3.63) is 82.6 Å². The van der Waals surface area contributed by atoms with Gasteiger partial charge < -0.3 is 9.64 Å². The summed E-state index contributed by atoms with van der Waals surface area (Å²) in [5, 5.41) is 8.97. The summed E-state index contributed by atoms with van der Waals surface area (Å²) >= 11 is 3.53. The highest BCUT2D eigenvalue weighted by Gasteiger charge is 2.13. The lowest BCUT2D eigenvalue weighted by Crippen LogP contribution is -2.13. The van der Waals surface area contributed by atoms with E-state index in [1.165, 1.54) is 0 Å². The Hall–Kier alpha value is -2.71. The molecular formula is C23H22BBrN2O. The predicted octanol–water partition coefficient (Wildman–Crippen LogP) is 5.65. The number of halogens is 1. The van der Waals surface area contributed by atoms with Crippen molar-refractivity contribution >= 4 is 40.6 Å². The molecule has 0 aliphatic heterocycles. The van der Waals surface area contributed by atoms with Crippen LogP contribution in [0.2, 0.25) is 0 Å². The van der Waals surface area contributed by atoms with Gasteiger partial charge in [0, 0.05) is 17.2 Å². The van der Waals surface area contributed by atoms with Crippen molar-refractivity contribution in [1.29, 1.82) is 5.26 Å². The lowest BCUT2D eigenvalue weighted by atomic mass is 9.95. The Bertz CT molecular complexity index is 940. The molecule has 140 valence electrons. The van der Waals surface area contributed by atoms with Gasteiger partial charge >= 0.3 is 0 Å². The lowest BCUT2D eigenvalue weighted by molar-refractivity contribution is 0.445. The number of anilines is 2. The first-order valence-electron chi connectivity index (χ1n) is 9.11. The van der Waals surface area contributed by atoms with Crippen molar-refractivity contribution < 1.29 is 4.74 Å². The molecule has 28 heavy (non-hydrogen) atoms. The van der Waals surface area contributed by atoms with E-state index in [1.807, 2.05) is 74.4 Å². The fourth-order valence-electron chi connectivity index (χ4n) is 2.58.